The van der Waals surface area contributed by atoms with Gasteiger partial charge >= 0.3 is 12.1 Å². The molecule has 12 N–H and O–H groups in total. The van der Waals surface area contributed by atoms with Crippen molar-refractivity contribution in [3.05, 3.63) is 23.2 Å². The molecule has 2 unspecified atom stereocenters. The molecule has 0 saturated heterocycles. The summed E-state index contributed by atoms with van der Waals surface area (Å²) in [7, 11) is 7.59. The predicted molar refractivity (Wildman–Crippen MR) is 334 cm³/mol. The number of carboxylic acid groups (broad SMARTS) is 1. The number of nitrogens with one attached hydrogen (secondary N) is 11. The summed E-state index contributed by atoms with van der Waals surface area (Å²) >= 11 is 2.58. The number of carbonyl (C=O) groups is 12. The maximum absolute atomic E-state index is 13.7. The number of aliphatic imine (C=N–C) groups is 1. The molecular formula is C57H91N15O14S2. The van der Waals surface area contributed by atoms with E-state index in [1.807, 2.05) is 51.8 Å². The van der Waals surface area contributed by atoms with Crippen LogP contribution in [0.3, 0.4) is 0 Å². The monoisotopic (exact) mass is 1270 g/mol. The molecule has 29 nitrogen and oxygen atoms in total. The maximum Gasteiger partial charge on any atom is 0.408 e. The van der Waals surface area contributed by atoms with Gasteiger partial charge in [0.1, 0.15) is 45.9 Å². The molecule has 1 aliphatic heterocycles. The number of unbranched alkanes of at least 4 members (excludes halogenated alkanes) is 3. The summed E-state index contributed by atoms with van der Waals surface area (Å²) in [6.07, 6.45) is 3.36. The molecule has 6 atom stereocenters. The van der Waals surface area contributed by atoms with E-state index in [1.165, 1.54) is 36.9 Å². The van der Waals surface area contributed by atoms with Gasteiger partial charge in [0.15, 0.2) is 6.04 Å². The third kappa shape index (κ3) is 29.9. The Morgan fingerprint density at radius 1 is 0.625 bits per heavy atom. The van der Waals surface area contributed by atoms with Crippen molar-refractivity contribution in [3.8, 4) is 0 Å². The van der Waals surface area contributed by atoms with Crippen LogP contribution in [0.2, 0.25) is 0 Å². The first-order valence-electron chi connectivity index (χ1n) is 29.4. The van der Waals surface area contributed by atoms with E-state index in [0.29, 0.717) is 76.9 Å². The number of hydrogen-bond acceptors (Lipinski definition) is 19. The third-order valence-corrected chi connectivity index (χ3v) is 15.1. The molecule has 0 saturated carbocycles. The molecule has 1 aliphatic rings. The average Bonchev–Trinajstić information content (AvgIpc) is 1.83. The van der Waals surface area contributed by atoms with Crippen LogP contribution >= 0.6 is 23.1 Å². The Labute approximate surface area is 522 Å². The molecule has 2 heterocycles. The van der Waals surface area contributed by atoms with Crippen LogP contribution in [0.5, 0.6) is 0 Å². The molecule has 0 bridgehead atoms. The number of benzene rings is 1. The number of carbonyl (C=O) groups excluding carboxylic acids is 11. The molecule has 31 heteroatoms. The number of hydrogen-bond donors (Lipinski definition) is 12. The Kier molecular flexibility index (Phi) is 32.3. The summed E-state index contributed by atoms with van der Waals surface area (Å²) in [6, 6.07) is -1.38. The van der Waals surface area contributed by atoms with Gasteiger partial charge in [-0.1, -0.05) is 13.8 Å². The fraction of sp³-hybridized carbons (Fsp3) is 0.649. The standard InChI is InChI=1S/C57H91N15O14S2/c1-33(2)26-41(66-47(77)31-61-50(80)39(20-14-17-25-72(10)11)70-56(85)86-57(5,6)7)51(81)62-30-46(76)65-38(19-13-16-24-71(8)9)49(79)60-28-44(74)59-29-45(75)63-34(3)48(78)67-40(18-12-15-23-58-35(4)73)52(82)64-36-21-22-37-43(27-36)88-54(68-37)53-69-42(32-87-53)55(83)84/h21-22,27,33-34,38-42H,12-20,23-26,28-32H2,1-11H3,(H,58,73)(H,59,74)(H,60,79)(H,61,80)(H,62,81)(H,63,75)(H,64,82)(H,65,76)(H,66,77)(H,67,78)(H,70,85)(H,83,84)/t34-,38-,39-,40?,41-,42?/m0/s1. The number of aliphatic carboxylic acids is 1. The van der Waals surface area contributed by atoms with Crippen molar-refractivity contribution in [2.24, 2.45) is 10.9 Å². The first-order chi connectivity index (χ1) is 41.4. The fourth-order valence-electron chi connectivity index (χ4n) is 8.45. The number of rotatable bonds is 38. The number of nitrogens with zero attached hydrogens (tertiary/aromatic N) is 4. The highest BCUT2D eigenvalue weighted by Gasteiger charge is 2.30. The molecule has 2 aromatic rings. The highest BCUT2D eigenvalue weighted by Crippen LogP contribution is 2.31. The molecule has 88 heavy (non-hydrogen) atoms. The molecule has 0 fully saturated rings. The second-order valence-corrected chi connectivity index (χ2v) is 25.3. The second kappa shape index (κ2) is 38.0. The van der Waals surface area contributed by atoms with Gasteiger partial charge in [-0.2, -0.15) is 0 Å². The van der Waals surface area contributed by atoms with Crippen LogP contribution in [-0.2, 0) is 57.5 Å². The Balaban J connectivity index is 1.55. The van der Waals surface area contributed by atoms with E-state index in [4.69, 9.17) is 4.74 Å². The van der Waals surface area contributed by atoms with Gasteiger partial charge in [0.25, 0.3) is 0 Å². The van der Waals surface area contributed by atoms with E-state index in [1.54, 1.807) is 39.0 Å². The first kappa shape index (κ1) is 74.7. The largest absolute Gasteiger partial charge is 0.480 e. The highest BCUT2D eigenvalue weighted by atomic mass is 32.2. The Morgan fingerprint density at radius 2 is 1.14 bits per heavy atom. The molecule has 0 radical (unpaired) electrons. The molecule has 1 aromatic heterocycles. The van der Waals surface area contributed by atoms with E-state index < -0.39 is 133 Å². The van der Waals surface area contributed by atoms with E-state index in [2.05, 4.69) is 68.5 Å². The number of aromatic nitrogens is 1. The minimum Gasteiger partial charge on any atom is -0.480 e. The second-order valence-electron chi connectivity index (χ2n) is 23.2. The van der Waals surface area contributed by atoms with Gasteiger partial charge in [-0.05, 0) is 157 Å². The van der Waals surface area contributed by atoms with Gasteiger partial charge in [-0.15, -0.1) is 23.1 Å². The smallest absolute Gasteiger partial charge is 0.408 e. The van der Waals surface area contributed by atoms with Crippen LogP contribution in [0.25, 0.3) is 10.2 Å². The van der Waals surface area contributed by atoms with Gasteiger partial charge in [-0.25, -0.2) is 14.6 Å². The Morgan fingerprint density at radius 3 is 1.67 bits per heavy atom. The SMILES string of the molecule is CC(=O)NCCCCC(NC(=O)[C@H](C)NC(=O)CNC(=O)CNC(=O)[C@H](CCCCN(C)C)NC(=O)CNC(=O)[C@H](CC(C)C)NC(=O)CNC(=O)[C@H](CCCCN(C)C)NC(=O)OC(C)(C)C)C(=O)Nc1ccc2nc(C3=NC(C(=O)O)CS3)sc2c1. The van der Waals surface area contributed by atoms with Crippen molar-refractivity contribution >= 4 is 115 Å². The molecule has 0 aliphatic carbocycles. The van der Waals surface area contributed by atoms with Crippen molar-refractivity contribution in [1.29, 1.82) is 0 Å². The number of fused-ring (bicyclic) bond motifs is 1. The van der Waals surface area contributed by atoms with Gasteiger partial charge in [0.2, 0.25) is 59.1 Å². The summed E-state index contributed by atoms with van der Waals surface area (Å²) in [5, 5.41) is 38.7. The Bertz CT molecular complexity index is 2770. The predicted octanol–water partition coefficient (Wildman–Crippen LogP) is 0.315. The average molecular weight is 1270 g/mol. The van der Waals surface area contributed by atoms with Gasteiger partial charge in [0.05, 0.1) is 36.4 Å². The Hall–Kier alpha value is -7.51. The molecule has 11 amide bonds. The molecular weight excluding hydrogens is 1180 g/mol. The van der Waals surface area contributed by atoms with Crippen LogP contribution in [0.4, 0.5) is 10.5 Å². The van der Waals surface area contributed by atoms with Crippen molar-refractivity contribution < 1.29 is 67.4 Å². The van der Waals surface area contributed by atoms with Gasteiger partial charge in [0, 0.05) is 24.9 Å². The van der Waals surface area contributed by atoms with Crippen LogP contribution in [0.15, 0.2) is 23.2 Å². The number of carboxylic acids is 1. The van der Waals surface area contributed by atoms with Crippen LogP contribution in [0, 0.1) is 5.92 Å². The minimum atomic E-state index is -1.19. The lowest BCUT2D eigenvalue weighted by Gasteiger charge is -2.24. The summed E-state index contributed by atoms with van der Waals surface area (Å²) in [5.41, 5.74) is 0.189. The van der Waals surface area contributed by atoms with Crippen LogP contribution in [0.1, 0.15) is 118 Å². The highest BCUT2D eigenvalue weighted by molar-refractivity contribution is 8.15. The normalized spacial score (nSPS) is 14.7. The number of amides is 11. The van der Waals surface area contributed by atoms with E-state index in [-0.39, 0.29) is 37.5 Å². The molecule has 1 aromatic carbocycles. The van der Waals surface area contributed by atoms with Crippen molar-refractivity contribution in [1.82, 2.24) is 68.0 Å². The number of anilines is 1. The molecule has 3 rings (SSSR count). The van der Waals surface area contributed by atoms with Crippen LogP contribution < -0.4 is 58.5 Å². The lowest BCUT2D eigenvalue weighted by atomic mass is 10.0. The van der Waals surface area contributed by atoms with Gasteiger partial charge < -0.3 is 78.1 Å². The lowest BCUT2D eigenvalue weighted by Crippen LogP contribution is -2.54. The van der Waals surface area contributed by atoms with E-state index in [9.17, 15) is 62.6 Å². The summed E-state index contributed by atoms with van der Waals surface area (Å²) in [6.45, 7) is 10.9. The quantitative estimate of drug-likeness (QED) is 0.0403. The zero-order chi connectivity index (χ0) is 65.7. The molecule has 490 valence electrons. The zero-order valence-electron chi connectivity index (χ0n) is 52.4. The first-order valence-corrected chi connectivity index (χ1v) is 31.2. The number of alkyl carbamates (subject to hydrolysis) is 1. The molecule has 0 spiro atoms. The van der Waals surface area contributed by atoms with Crippen LogP contribution in [-0.4, -0.2) is 218 Å². The maximum atomic E-state index is 13.7. The van der Waals surface area contributed by atoms with E-state index in [0.717, 1.165) is 13.0 Å². The third-order valence-electron chi connectivity index (χ3n) is 12.9. The number of thiazole rings is 1. The fourth-order valence-corrected chi connectivity index (χ4v) is 10.6. The lowest BCUT2D eigenvalue weighted by molar-refractivity contribution is -0.138. The van der Waals surface area contributed by atoms with E-state index >= 15 is 0 Å². The van der Waals surface area contributed by atoms with Crippen molar-refractivity contribution in [3.63, 3.8) is 0 Å². The summed E-state index contributed by atoms with van der Waals surface area (Å²) in [5.74, 6) is -7.38. The van der Waals surface area contributed by atoms with Crippen molar-refractivity contribution in [2.45, 2.75) is 155 Å². The topological polar surface area (TPSA) is 398 Å². The minimum absolute atomic E-state index is 0.0980. The van der Waals surface area contributed by atoms with Gasteiger partial charge in [-0.3, -0.25) is 52.9 Å². The number of thioether (sulfide) groups is 1. The summed E-state index contributed by atoms with van der Waals surface area (Å²) < 4.78 is 6.03. The number of ether oxygens (including phenoxy) is 1. The van der Waals surface area contributed by atoms with Crippen molar-refractivity contribution in [2.75, 3.05) is 85.1 Å². The summed E-state index contributed by atoms with van der Waals surface area (Å²) in [4.78, 5) is 168. The zero-order valence-corrected chi connectivity index (χ0v) is 54.0.